The van der Waals surface area contributed by atoms with Crippen LogP contribution >= 0.6 is 36.1 Å². The molecular weight excluding hydrogens is 360 g/mol. The Labute approximate surface area is 139 Å². The Morgan fingerprint density at radius 2 is 0.789 bits per heavy atom. The second-order valence-corrected chi connectivity index (χ2v) is 16.0. The summed E-state index contributed by atoms with van der Waals surface area (Å²) >= 11 is 0.382. The third kappa shape index (κ3) is 12.2. The number of hydrogen-bond donors (Lipinski definition) is 0. The van der Waals surface area contributed by atoms with Crippen molar-refractivity contribution in [1.29, 1.82) is 0 Å². The van der Waals surface area contributed by atoms with Crippen molar-refractivity contribution in [2.24, 2.45) is 0 Å². The average molecular weight is 394 g/mol. The minimum absolute atomic E-state index is 0.114. The van der Waals surface area contributed by atoms with Gasteiger partial charge in [0.25, 0.3) is 0 Å². The van der Waals surface area contributed by atoms with Crippen molar-refractivity contribution in [2.45, 2.75) is 78.0 Å². The van der Waals surface area contributed by atoms with E-state index < -0.39 is 0 Å². The zero-order chi connectivity index (χ0) is 15.6. The SMILES string of the molecule is CC(C)[PH+](CC[PH+](C(C)C)C(C)C)C(C)C.[Cl][Co][Cl]. The van der Waals surface area contributed by atoms with Crippen LogP contribution in [0.3, 0.4) is 0 Å². The van der Waals surface area contributed by atoms with Gasteiger partial charge in [-0.3, -0.25) is 0 Å². The van der Waals surface area contributed by atoms with Gasteiger partial charge in [0.15, 0.2) is 0 Å². The molecule has 0 saturated carbocycles. The molecule has 0 aromatic heterocycles. The first-order valence-corrected chi connectivity index (χ1v) is 13.8. The molecule has 0 spiro atoms. The summed E-state index contributed by atoms with van der Waals surface area (Å²) in [5, 5.41) is 0. The van der Waals surface area contributed by atoms with E-state index in [-0.39, 0.29) is 15.8 Å². The van der Waals surface area contributed by atoms with Gasteiger partial charge in [-0.05, 0) is 55.4 Å². The Bertz CT molecular complexity index is 164. The molecular formula is C14H34Cl2CoP2+2. The van der Waals surface area contributed by atoms with Gasteiger partial charge >= 0.3 is 33.2 Å². The van der Waals surface area contributed by atoms with E-state index in [1.807, 2.05) is 0 Å². The van der Waals surface area contributed by atoms with Crippen LogP contribution in [0.2, 0.25) is 0 Å². The van der Waals surface area contributed by atoms with Gasteiger partial charge in [0.05, 0.1) is 35.0 Å². The van der Waals surface area contributed by atoms with E-state index in [0.717, 1.165) is 22.6 Å². The molecule has 0 aliphatic rings. The topological polar surface area (TPSA) is 0 Å². The molecule has 0 heterocycles. The summed E-state index contributed by atoms with van der Waals surface area (Å²) in [5.41, 5.74) is 3.81. The quantitative estimate of drug-likeness (QED) is 0.437. The van der Waals surface area contributed by atoms with Crippen LogP contribution in [0.25, 0.3) is 0 Å². The first-order valence-electron chi connectivity index (χ1n) is 7.23. The van der Waals surface area contributed by atoms with Gasteiger partial charge in [0, 0.05) is 15.8 Å². The van der Waals surface area contributed by atoms with E-state index >= 15 is 0 Å². The second-order valence-electron chi connectivity index (χ2n) is 6.32. The number of halogens is 2. The molecule has 0 aliphatic carbocycles. The fourth-order valence-corrected chi connectivity index (χ4v) is 10.1. The van der Waals surface area contributed by atoms with E-state index in [2.05, 4.69) is 55.4 Å². The predicted molar refractivity (Wildman–Crippen MR) is 98.6 cm³/mol. The predicted octanol–water partition coefficient (Wildman–Crippen LogP) is 6.42. The molecule has 0 saturated heterocycles. The van der Waals surface area contributed by atoms with Crippen molar-refractivity contribution in [2.75, 3.05) is 12.3 Å². The molecule has 19 heavy (non-hydrogen) atoms. The molecule has 0 aliphatic heterocycles. The van der Waals surface area contributed by atoms with Crippen molar-refractivity contribution >= 4 is 36.1 Å². The van der Waals surface area contributed by atoms with Gasteiger partial charge in [-0.25, -0.2) is 0 Å². The summed E-state index contributed by atoms with van der Waals surface area (Å²) in [4.78, 5) is 0. The van der Waals surface area contributed by atoms with E-state index in [0.29, 0.717) is 12.9 Å². The van der Waals surface area contributed by atoms with E-state index in [9.17, 15) is 0 Å². The van der Waals surface area contributed by atoms with Crippen LogP contribution < -0.4 is 0 Å². The van der Waals surface area contributed by atoms with Crippen LogP contribution in [0.5, 0.6) is 0 Å². The third-order valence-electron chi connectivity index (χ3n) is 3.67. The molecule has 0 aromatic rings. The molecule has 0 bridgehead atoms. The maximum atomic E-state index is 4.73. The Balaban J connectivity index is 0. The Morgan fingerprint density at radius 3 is 0.895 bits per heavy atom. The molecule has 0 rings (SSSR count). The fraction of sp³-hybridized carbons (Fsp3) is 1.00. The molecule has 0 aromatic carbocycles. The Hall–Kier alpha value is 1.95. The van der Waals surface area contributed by atoms with Crippen LogP contribution in [0, 0.1) is 0 Å². The minimum atomic E-state index is -0.114. The van der Waals surface area contributed by atoms with Crippen LogP contribution in [0.1, 0.15) is 55.4 Å². The van der Waals surface area contributed by atoms with Gasteiger partial charge < -0.3 is 0 Å². The van der Waals surface area contributed by atoms with E-state index in [1.54, 1.807) is 12.3 Å². The van der Waals surface area contributed by atoms with E-state index in [1.165, 1.54) is 0 Å². The van der Waals surface area contributed by atoms with Gasteiger partial charge in [-0.15, -0.1) is 0 Å². The summed E-state index contributed by atoms with van der Waals surface area (Å²) in [7, 11) is 9.24. The van der Waals surface area contributed by atoms with Crippen LogP contribution in [0.15, 0.2) is 0 Å². The zero-order valence-electron chi connectivity index (χ0n) is 13.8. The Morgan fingerprint density at radius 1 is 0.632 bits per heavy atom. The normalized spacial score (nSPS) is 12.2. The van der Waals surface area contributed by atoms with Crippen molar-refractivity contribution < 1.29 is 12.9 Å². The molecule has 0 unspecified atom stereocenters. The Kier molecular flexibility index (Phi) is 16.6. The van der Waals surface area contributed by atoms with E-state index in [4.69, 9.17) is 20.3 Å². The molecule has 0 amide bonds. The first-order chi connectivity index (χ1) is 8.68. The molecule has 5 heteroatoms. The van der Waals surface area contributed by atoms with Gasteiger partial charge in [-0.1, -0.05) is 0 Å². The summed E-state index contributed by atoms with van der Waals surface area (Å²) in [6, 6.07) is 0. The van der Waals surface area contributed by atoms with Gasteiger partial charge in [-0.2, -0.15) is 0 Å². The molecule has 0 fully saturated rings. The monoisotopic (exact) mass is 393 g/mol. The van der Waals surface area contributed by atoms with Crippen molar-refractivity contribution in [1.82, 2.24) is 0 Å². The summed E-state index contributed by atoms with van der Waals surface area (Å²) in [5.74, 6) is 0. The first kappa shape index (κ1) is 23.2. The van der Waals surface area contributed by atoms with Gasteiger partial charge in [0.2, 0.25) is 0 Å². The number of rotatable bonds is 7. The van der Waals surface area contributed by atoms with Crippen molar-refractivity contribution in [3.63, 3.8) is 0 Å². The fourth-order valence-electron chi connectivity index (χ4n) is 2.78. The maximum absolute atomic E-state index is 4.73. The molecule has 0 radical (unpaired) electrons. The van der Waals surface area contributed by atoms with Crippen LogP contribution in [-0.2, 0) is 12.9 Å². The van der Waals surface area contributed by atoms with Crippen LogP contribution in [0.4, 0.5) is 0 Å². The summed E-state index contributed by atoms with van der Waals surface area (Å²) < 4.78 is 0. The second kappa shape index (κ2) is 13.6. The van der Waals surface area contributed by atoms with Crippen LogP contribution in [-0.4, -0.2) is 35.0 Å². The summed E-state index contributed by atoms with van der Waals surface area (Å²) in [6.07, 6.45) is 3.12. The average Bonchev–Trinajstić information content (AvgIpc) is 2.22. The molecule has 0 nitrogen and oxygen atoms in total. The molecule has 0 N–H and O–H groups in total. The zero-order valence-corrected chi connectivity index (χ0v) is 18.4. The third-order valence-corrected chi connectivity index (χ3v) is 11.8. The van der Waals surface area contributed by atoms with Gasteiger partial charge in [0.1, 0.15) is 0 Å². The number of hydrogen-bond acceptors (Lipinski definition) is 0. The molecule has 0 atom stereocenters. The summed E-state index contributed by atoms with van der Waals surface area (Å²) in [6.45, 7) is 19.5. The van der Waals surface area contributed by atoms with Crippen molar-refractivity contribution in [3.05, 3.63) is 0 Å². The van der Waals surface area contributed by atoms with Crippen molar-refractivity contribution in [3.8, 4) is 0 Å². The standard InChI is InChI=1S/C14H32P2.2ClH.Co/c1-11(2)15(12(3)4)9-10-16(13(5)6)14(7)8;;;/h11-14H,9-10H2,1-8H3;2*1H;/q;;;+2. The molecule has 121 valence electrons.